The predicted octanol–water partition coefficient (Wildman–Crippen LogP) is 5.25. The van der Waals surface area contributed by atoms with Crippen LogP contribution in [0, 0.1) is 11.8 Å². The maximum atomic E-state index is 2.35. The molecule has 0 amide bonds. The van der Waals surface area contributed by atoms with Crippen molar-refractivity contribution in [2.24, 2.45) is 11.8 Å². The van der Waals surface area contributed by atoms with E-state index in [-0.39, 0.29) is 0 Å². The molecule has 0 radical (unpaired) electrons. The summed E-state index contributed by atoms with van der Waals surface area (Å²) in [6, 6.07) is 9.10. The molecule has 0 spiro atoms. The van der Waals surface area contributed by atoms with Gasteiger partial charge in [0.25, 0.3) is 0 Å². The highest BCUT2D eigenvalue weighted by molar-refractivity contribution is 5.74. The van der Waals surface area contributed by atoms with Gasteiger partial charge >= 0.3 is 0 Å². The summed E-state index contributed by atoms with van der Waals surface area (Å²) in [5.41, 5.74) is 4.19. The highest BCUT2D eigenvalue weighted by Gasteiger charge is 2.05. The van der Waals surface area contributed by atoms with Crippen LogP contribution in [-0.2, 0) is 6.42 Å². The maximum absolute atomic E-state index is 2.35. The van der Waals surface area contributed by atoms with Gasteiger partial charge in [0.05, 0.1) is 0 Å². The summed E-state index contributed by atoms with van der Waals surface area (Å²) in [5, 5.41) is 0. The third-order valence-corrected chi connectivity index (χ3v) is 3.61. The van der Waals surface area contributed by atoms with Crippen LogP contribution in [0.1, 0.15) is 44.7 Å². The third kappa shape index (κ3) is 3.60. The zero-order chi connectivity index (χ0) is 13.0. The largest absolute Gasteiger partial charge is 0.0808 e. The quantitative estimate of drug-likeness (QED) is 0.674. The van der Waals surface area contributed by atoms with Crippen LogP contribution in [0.5, 0.6) is 0 Å². The summed E-state index contributed by atoms with van der Waals surface area (Å²) in [5.74, 6) is 1.48. The van der Waals surface area contributed by atoms with Crippen LogP contribution < -0.4 is 0 Å². The van der Waals surface area contributed by atoms with Crippen molar-refractivity contribution in [3.63, 3.8) is 0 Å². The molecule has 1 aliphatic carbocycles. The SMILES string of the molecule is CC(C)CCc1ccc(C2=CCC(C)C=C2)cc1. The number of hydrogen-bond acceptors (Lipinski definition) is 0. The van der Waals surface area contributed by atoms with Crippen LogP contribution in [-0.4, -0.2) is 0 Å². The van der Waals surface area contributed by atoms with Crippen molar-refractivity contribution in [1.82, 2.24) is 0 Å². The van der Waals surface area contributed by atoms with E-state index in [1.165, 1.54) is 36.0 Å². The molecule has 1 aromatic rings. The van der Waals surface area contributed by atoms with E-state index in [0.29, 0.717) is 5.92 Å². The minimum Gasteiger partial charge on any atom is -0.0808 e. The lowest BCUT2D eigenvalue weighted by atomic mass is 9.93. The van der Waals surface area contributed by atoms with E-state index in [9.17, 15) is 0 Å². The Morgan fingerprint density at radius 2 is 1.89 bits per heavy atom. The fourth-order valence-electron chi connectivity index (χ4n) is 2.26. The minimum atomic E-state index is 0.694. The van der Waals surface area contributed by atoms with Gasteiger partial charge in [0.15, 0.2) is 0 Å². The Balaban J connectivity index is 2.02. The first kappa shape index (κ1) is 13.1. The maximum Gasteiger partial charge on any atom is -0.0187 e. The first-order valence-electron chi connectivity index (χ1n) is 7.13. The molecule has 1 aliphatic rings. The number of hydrogen-bond donors (Lipinski definition) is 0. The Hall–Kier alpha value is -1.30. The minimum absolute atomic E-state index is 0.694. The van der Waals surface area contributed by atoms with Crippen LogP contribution in [0.2, 0.25) is 0 Å². The average Bonchev–Trinajstić information content (AvgIpc) is 2.38. The van der Waals surface area contributed by atoms with Gasteiger partial charge in [-0.1, -0.05) is 63.3 Å². The highest BCUT2D eigenvalue weighted by atomic mass is 14.1. The summed E-state index contributed by atoms with van der Waals surface area (Å²) in [6.45, 7) is 6.83. The third-order valence-electron chi connectivity index (χ3n) is 3.61. The first-order valence-corrected chi connectivity index (χ1v) is 7.13. The summed E-state index contributed by atoms with van der Waals surface area (Å²) in [6.07, 6.45) is 10.6. The molecule has 96 valence electrons. The smallest absolute Gasteiger partial charge is 0.0187 e. The molecule has 1 atom stereocenters. The van der Waals surface area contributed by atoms with E-state index >= 15 is 0 Å². The topological polar surface area (TPSA) is 0 Å². The summed E-state index contributed by atoms with van der Waals surface area (Å²) < 4.78 is 0. The molecule has 0 aliphatic heterocycles. The van der Waals surface area contributed by atoms with Crippen molar-refractivity contribution in [3.8, 4) is 0 Å². The molecule has 1 unspecified atom stereocenters. The molecule has 18 heavy (non-hydrogen) atoms. The van der Waals surface area contributed by atoms with Gasteiger partial charge in [-0.25, -0.2) is 0 Å². The molecule has 0 nitrogen and oxygen atoms in total. The molecule has 0 saturated carbocycles. The van der Waals surface area contributed by atoms with Gasteiger partial charge in [0, 0.05) is 0 Å². The predicted molar refractivity (Wildman–Crippen MR) is 80.5 cm³/mol. The van der Waals surface area contributed by atoms with Crippen molar-refractivity contribution in [3.05, 3.63) is 53.6 Å². The van der Waals surface area contributed by atoms with Gasteiger partial charge in [-0.15, -0.1) is 0 Å². The van der Waals surface area contributed by atoms with Crippen molar-refractivity contribution < 1.29 is 0 Å². The average molecular weight is 240 g/mol. The first-order chi connectivity index (χ1) is 8.65. The Morgan fingerprint density at radius 1 is 1.17 bits per heavy atom. The number of aryl methyl sites for hydroxylation is 1. The molecular formula is C18H24. The number of allylic oxidation sites excluding steroid dienone is 4. The van der Waals surface area contributed by atoms with E-state index in [1.807, 2.05) is 0 Å². The standard InChI is InChI=1S/C18H24/c1-14(2)4-7-16-8-12-18(13-9-16)17-10-5-15(3)6-11-17/h5,8-15H,4,6-7H2,1-3H3. The zero-order valence-corrected chi connectivity index (χ0v) is 11.8. The van der Waals surface area contributed by atoms with Crippen molar-refractivity contribution in [1.29, 1.82) is 0 Å². The van der Waals surface area contributed by atoms with Gasteiger partial charge in [0.2, 0.25) is 0 Å². The van der Waals surface area contributed by atoms with Crippen LogP contribution >= 0.6 is 0 Å². The molecule has 0 heterocycles. The summed E-state index contributed by atoms with van der Waals surface area (Å²) in [7, 11) is 0. The molecule has 1 aromatic carbocycles. The lowest BCUT2D eigenvalue weighted by Crippen LogP contribution is -1.95. The number of benzene rings is 1. The fraction of sp³-hybridized carbons (Fsp3) is 0.444. The monoisotopic (exact) mass is 240 g/mol. The molecule has 0 saturated heterocycles. The van der Waals surface area contributed by atoms with Gasteiger partial charge < -0.3 is 0 Å². The van der Waals surface area contributed by atoms with Crippen molar-refractivity contribution in [2.45, 2.75) is 40.0 Å². The van der Waals surface area contributed by atoms with Crippen LogP contribution in [0.25, 0.3) is 5.57 Å². The van der Waals surface area contributed by atoms with Gasteiger partial charge in [-0.3, -0.25) is 0 Å². The van der Waals surface area contributed by atoms with Gasteiger partial charge in [-0.05, 0) is 47.8 Å². The molecule has 0 bridgehead atoms. The molecule has 0 aromatic heterocycles. The fourth-order valence-corrected chi connectivity index (χ4v) is 2.26. The van der Waals surface area contributed by atoms with Crippen molar-refractivity contribution in [2.75, 3.05) is 0 Å². The van der Waals surface area contributed by atoms with E-state index in [0.717, 1.165) is 5.92 Å². The van der Waals surface area contributed by atoms with E-state index in [2.05, 4.69) is 63.3 Å². The second-order valence-corrected chi connectivity index (χ2v) is 5.86. The molecule has 0 fully saturated rings. The van der Waals surface area contributed by atoms with Gasteiger partial charge in [0.1, 0.15) is 0 Å². The Bertz CT molecular complexity index is 432. The second kappa shape index (κ2) is 6.04. The normalized spacial score (nSPS) is 19.1. The van der Waals surface area contributed by atoms with Crippen molar-refractivity contribution >= 4 is 5.57 Å². The van der Waals surface area contributed by atoms with E-state index in [1.54, 1.807) is 0 Å². The molecule has 2 rings (SSSR count). The number of rotatable bonds is 4. The Kier molecular flexibility index (Phi) is 4.41. The summed E-state index contributed by atoms with van der Waals surface area (Å²) in [4.78, 5) is 0. The lowest BCUT2D eigenvalue weighted by molar-refractivity contribution is 0.587. The molecular weight excluding hydrogens is 216 g/mol. The summed E-state index contributed by atoms with van der Waals surface area (Å²) >= 11 is 0. The van der Waals surface area contributed by atoms with Crippen LogP contribution in [0.15, 0.2) is 42.5 Å². The molecule has 0 N–H and O–H groups in total. The van der Waals surface area contributed by atoms with Crippen LogP contribution in [0.4, 0.5) is 0 Å². The van der Waals surface area contributed by atoms with Crippen LogP contribution in [0.3, 0.4) is 0 Å². The van der Waals surface area contributed by atoms with Gasteiger partial charge in [-0.2, -0.15) is 0 Å². The zero-order valence-electron chi connectivity index (χ0n) is 11.8. The second-order valence-electron chi connectivity index (χ2n) is 5.86. The lowest BCUT2D eigenvalue weighted by Gasteiger charge is -2.12. The van der Waals surface area contributed by atoms with E-state index in [4.69, 9.17) is 0 Å². The Morgan fingerprint density at radius 3 is 2.44 bits per heavy atom. The molecule has 0 heteroatoms. The Labute approximate surface area is 111 Å². The van der Waals surface area contributed by atoms with E-state index < -0.39 is 0 Å². The highest BCUT2D eigenvalue weighted by Crippen LogP contribution is 2.24.